The van der Waals surface area contributed by atoms with Gasteiger partial charge < -0.3 is 15.4 Å². The summed E-state index contributed by atoms with van der Waals surface area (Å²) in [4.78, 5) is 11.8. The average molecular weight is 366 g/mol. The van der Waals surface area contributed by atoms with Crippen molar-refractivity contribution in [1.29, 1.82) is 0 Å². The van der Waals surface area contributed by atoms with Gasteiger partial charge in [0, 0.05) is 18.6 Å². The van der Waals surface area contributed by atoms with E-state index in [1.165, 1.54) is 0 Å². The van der Waals surface area contributed by atoms with E-state index < -0.39 is 29.8 Å². The SMILES string of the molecule is CCCCC(CNC(=O)OC(C)(C)C)NC1CCCCC1C(F)(F)F. The Labute approximate surface area is 149 Å². The lowest BCUT2D eigenvalue weighted by Gasteiger charge is -2.36. The van der Waals surface area contributed by atoms with Gasteiger partial charge in [0.15, 0.2) is 0 Å². The Morgan fingerprint density at radius 1 is 1.20 bits per heavy atom. The summed E-state index contributed by atoms with van der Waals surface area (Å²) < 4.78 is 45.0. The van der Waals surface area contributed by atoms with E-state index >= 15 is 0 Å². The monoisotopic (exact) mass is 366 g/mol. The molecule has 0 aromatic rings. The second-order valence-electron chi connectivity index (χ2n) is 7.93. The van der Waals surface area contributed by atoms with Crippen LogP contribution < -0.4 is 10.6 Å². The Hall–Kier alpha value is -0.980. The fourth-order valence-corrected chi connectivity index (χ4v) is 3.24. The molecule has 4 nitrogen and oxygen atoms in total. The quantitative estimate of drug-likeness (QED) is 0.682. The molecular formula is C18H33F3N2O2. The molecule has 0 aromatic heterocycles. The number of nitrogens with one attached hydrogen (secondary N) is 2. The van der Waals surface area contributed by atoms with Gasteiger partial charge in [-0.05, 0) is 40.0 Å². The number of alkyl carbamates (subject to hydrolysis) is 1. The standard InChI is InChI=1S/C18H33F3N2O2/c1-5-6-9-13(12-22-16(24)25-17(2,3)4)23-15-11-8-7-10-14(15)18(19,20)21/h13-15,23H,5-12H2,1-4H3,(H,22,24). The molecule has 25 heavy (non-hydrogen) atoms. The second-order valence-corrected chi connectivity index (χ2v) is 7.93. The topological polar surface area (TPSA) is 50.4 Å². The fourth-order valence-electron chi connectivity index (χ4n) is 3.24. The van der Waals surface area contributed by atoms with Crippen molar-refractivity contribution >= 4 is 6.09 Å². The van der Waals surface area contributed by atoms with Gasteiger partial charge in [-0.1, -0.05) is 32.6 Å². The van der Waals surface area contributed by atoms with Crippen molar-refractivity contribution in [2.75, 3.05) is 6.54 Å². The third kappa shape index (κ3) is 8.79. The van der Waals surface area contributed by atoms with Gasteiger partial charge in [0.25, 0.3) is 0 Å². The van der Waals surface area contributed by atoms with Crippen LogP contribution in [-0.2, 0) is 4.74 Å². The fraction of sp³-hybridized carbons (Fsp3) is 0.944. The molecule has 0 spiro atoms. The van der Waals surface area contributed by atoms with Gasteiger partial charge in [-0.15, -0.1) is 0 Å². The summed E-state index contributed by atoms with van der Waals surface area (Å²) in [7, 11) is 0. The average Bonchev–Trinajstić information content (AvgIpc) is 2.47. The van der Waals surface area contributed by atoms with Crippen molar-refractivity contribution in [2.45, 2.75) is 96.5 Å². The maximum atomic E-state index is 13.3. The molecule has 2 N–H and O–H groups in total. The summed E-state index contributed by atoms with van der Waals surface area (Å²) in [5.41, 5.74) is -0.596. The zero-order valence-electron chi connectivity index (χ0n) is 15.8. The minimum atomic E-state index is -4.17. The molecule has 1 rings (SSSR count). The van der Waals surface area contributed by atoms with Crippen LogP contribution >= 0.6 is 0 Å². The summed E-state index contributed by atoms with van der Waals surface area (Å²) in [5.74, 6) is -1.30. The first kappa shape index (κ1) is 22.1. The van der Waals surface area contributed by atoms with Crippen LogP contribution in [0.15, 0.2) is 0 Å². The summed E-state index contributed by atoms with van der Waals surface area (Å²) in [5, 5.41) is 5.86. The van der Waals surface area contributed by atoms with E-state index in [0.717, 1.165) is 25.7 Å². The molecule has 3 unspecified atom stereocenters. The van der Waals surface area contributed by atoms with E-state index in [1.54, 1.807) is 20.8 Å². The number of alkyl halides is 3. The Balaban J connectivity index is 2.63. The van der Waals surface area contributed by atoms with Gasteiger partial charge in [-0.2, -0.15) is 13.2 Å². The van der Waals surface area contributed by atoms with E-state index in [2.05, 4.69) is 10.6 Å². The largest absolute Gasteiger partial charge is 0.444 e. The molecular weight excluding hydrogens is 333 g/mol. The smallest absolute Gasteiger partial charge is 0.407 e. The van der Waals surface area contributed by atoms with Crippen molar-refractivity contribution in [2.24, 2.45) is 5.92 Å². The summed E-state index contributed by atoms with van der Waals surface area (Å²) in [6, 6.07) is -0.753. The molecule has 0 aromatic carbocycles. The van der Waals surface area contributed by atoms with E-state index in [1.807, 2.05) is 6.92 Å². The highest BCUT2D eigenvalue weighted by Crippen LogP contribution is 2.38. The lowest BCUT2D eigenvalue weighted by atomic mass is 9.83. The van der Waals surface area contributed by atoms with Crippen molar-refractivity contribution in [3.05, 3.63) is 0 Å². The number of hydrogen-bond acceptors (Lipinski definition) is 3. The second kappa shape index (κ2) is 9.64. The van der Waals surface area contributed by atoms with E-state index in [-0.39, 0.29) is 19.0 Å². The minimum Gasteiger partial charge on any atom is -0.444 e. The van der Waals surface area contributed by atoms with E-state index in [0.29, 0.717) is 12.8 Å². The van der Waals surface area contributed by atoms with E-state index in [9.17, 15) is 18.0 Å². The predicted octanol–water partition coefficient (Wildman–Crippen LogP) is 4.78. The summed E-state index contributed by atoms with van der Waals surface area (Å²) in [6.07, 6.45) is 0.0174. The minimum absolute atomic E-state index is 0.180. The van der Waals surface area contributed by atoms with Crippen LogP contribution in [0.1, 0.15) is 72.6 Å². The number of hydrogen-bond donors (Lipinski definition) is 2. The molecule has 148 valence electrons. The first-order valence-corrected chi connectivity index (χ1v) is 9.32. The number of halogens is 3. The molecule has 0 saturated heterocycles. The lowest BCUT2D eigenvalue weighted by molar-refractivity contribution is -0.189. The molecule has 1 aliphatic rings. The van der Waals surface area contributed by atoms with Crippen LogP contribution in [0.4, 0.5) is 18.0 Å². The van der Waals surface area contributed by atoms with Crippen LogP contribution in [0.2, 0.25) is 0 Å². The number of carbonyl (C=O) groups excluding carboxylic acids is 1. The first-order chi connectivity index (χ1) is 11.5. The first-order valence-electron chi connectivity index (χ1n) is 9.32. The molecule has 1 aliphatic carbocycles. The van der Waals surface area contributed by atoms with Gasteiger partial charge in [-0.3, -0.25) is 0 Å². The van der Waals surface area contributed by atoms with Crippen molar-refractivity contribution < 1.29 is 22.7 Å². The van der Waals surface area contributed by atoms with Crippen LogP contribution in [0.5, 0.6) is 0 Å². The summed E-state index contributed by atoms with van der Waals surface area (Å²) >= 11 is 0. The molecule has 1 amide bonds. The van der Waals surface area contributed by atoms with Crippen LogP contribution in [-0.4, -0.2) is 36.5 Å². The third-order valence-corrected chi connectivity index (χ3v) is 4.43. The maximum absolute atomic E-state index is 13.3. The Morgan fingerprint density at radius 3 is 2.40 bits per heavy atom. The van der Waals surface area contributed by atoms with Crippen molar-refractivity contribution in [3.8, 4) is 0 Å². The van der Waals surface area contributed by atoms with Gasteiger partial charge in [0.05, 0.1) is 5.92 Å². The van der Waals surface area contributed by atoms with Gasteiger partial charge in [-0.25, -0.2) is 4.79 Å². The molecule has 1 saturated carbocycles. The molecule has 7 heteroatoms. The molecule has 0 heterocycles. The third-order valence-electron chi connectivity index (χ3n) is 4.43. The number of amides is 1. The maximum Gasteiger partial charge on any atom is 0.407 e. The van der Waals surface area contributed by atoms with Gasteiger partial charge >= 0.3 is 12.3 Å². The molecule has 3 atom stereocenters. The van der Waals surface area contributed by atoms with Crippen LogP contribution in [0.25, 0.3) is 0 Å². The van der Waals surface area contributed by atoms with Gasteiger partial charge in [0.1, 0.15) is 5.60 Å². The normalized spacial score (nSPS) is 23.2. The molecule has 1 fully saturated rings. The van der Waals surface area contributed by atoms with Crippen molar-refractivity contribution in [3.63, 3.8) is 0 Å². The lowest BCUT2D eigenvalue weighted by Crippen LogP contribution is -2.52. The molecule has 0 bridgehead atoms. The molecule has 0 radical (unpaired) electrons. The summed E-state index contributed by atoms with van der Waals surface area (Å²) in [6.45, 7) is 7.63. The highest BCUT2D eigenvalue weighted by atomic mass is 19.4. The Morgan fingerprint density at radius 2 is 1.84 bits per heavy atom. The van der Waals surface area contributed by atoms with Gasteiger partial charge in [0.2, 0.25) is 0 Å². The number of carbonyl (C=O) groups is 1. The van der Waals surface area contributed by atoms with Crippen LogP contribution in [0.3, 0.4) is 0 Å². The van der Waals surface area contributed by atoms with Crippen LogP contribution in [0, 0.1) is 5.92 Å². The zero-order chi connectivity index (χ0) is 19.1. The Kier molecular flexibility index (Phi) is 8.51. The highest BCUT2D eigenvalue weighted by molar-refractivity contribution is 5.67. The predicted molar refractivity (Wildman–Crippen MR) is 92.5 cm³/mol. The zero-order valence-corrected chi connectivity index (χ0v) is 15.8. The molecule has 0 aliphatic heterocycles. The Bertz CT molecular complexity index is 408. The highest BCUT2D eigenvalue weighted by Gasteiger charge is 2.45. The number of ether oxygens (including phenoxy) is 1. The number of rotatable bonds is 7. The number of unbranched alkanes of at least 4 members (excludes halogenated alkanes) is 1. The van der Waals surface area contributed by atoms with E-state index in [4.69, 9.17) is 4.74 Å². The van der Waals surface area contributed by atoms with Crippen molar-refractivity contribution in [1.82, 2.24) is 10.6 Å².